The minimum absolute atomic E-state index is 0.0555. The quantitative estimate of drug-likeness (QED) is 0.726. The molecule has 0 atom stereocenters. The molecule has 2 aromatic rings. The highest BCUT2D eigenvalue weighted by Gasteiger charge is 2.17. The van der Waals surface area contributed by atoms with Gasteiger partial charge in [-0.3, -0.25) is 4.79 Å². The van der Waals surface area contributed by atoms with Crippen molar-refractivity contribution in [3.63, 3.8) is 0 Å². The molecule has 2 rings (SSSR count). The number of carbonyl (C=O) groups is 1. The number of hydrogen-bond donors (Lipinski definition) is 1. The Balaban J connectivity index is 2.33. The van der Waals surface area contributed by atoms with E-state index in [1.807, 2.05) is 22.6 Å². The largest absolute Gasteiger partial charge is 0.493 e. The number of carbonyl (C=O) groups excluding carboxylic acids is 1. The standard InChI is InChI=1S/C15H12ClFINO3/c1-21-13-6-9(11(18)7-14(13)22-2)15(20)19-12-4-3-8(16)5-10(12)17/h3-7H,1-2H3,(H,19,20). The van der Waals surface area contributed by atoms with Crippen LogP contribution in [0.15, 0.2) is 30.3 Å². The van der Waals surface area contributed by atoms with E-state index in [2.05, 4.69) is 5.32 Å². The molecule has 0 spiro atoms. The van der Waals surface area contributed by atoms with Crippen LogP contribution >= 0.6 is 34.2 Å². The van der Waals surface area contributed by atoms with Gasteiger partial charge in [0.05, 0.1) is 25.5 Å². The molecule has 0 aromatic heterocycles. The monoisotopic (exact) mass is 435 g/mol. The second-order valence-electron chi connectivity index (χ2n) is 4.27. The number of nitrogens with one attached hydrogen (secondary N) is 1. The van der Waals surface area contributed by atoms with Crippen LogP contribution in [0, 0.1) is 9.39 Å². The number of halogens is 3. The second-order valence-corrected chi connectivity index (χ2v) is 5.86. The Labute approximate surface area is 145 Å². The van der Waals surface area contributed by atoms with Gasteiger partial charge in [0.2, 0.25) is 0 Å². The maximum Gasteiger partial charge on any atom is 0.256 e. The van der Waals surface area contributed by atoms with Crippen molar-refractivity contribution in [2.24, 2.45) is 0 Å². The van der Waals surface area contributed by atoms with Crippen LogP contribution in [-0.2, 0) is 0 Å². The summed E-state index contributed by atoms with van der Waals surface area (Å²) >= 11 is 7.69. The van der Waals surface area contributed by atoms with Gasteiger partial charge in [0.25, 0.3) is 5.91 Å². The van der Waals surface area contributed by atoms with Crippen LogP contribution in [0.4, 0.5) is 10.1 Å². The molecule has 1 amide bonds. The predicted molar refractivity (Wildman–Crippen MR) is 91.6 cm³/mol. The van der Waals surface area contributed by atoms with E-state index in [0.717, 1.165) is 6.07 Å². The molecule has 0 heterocycles. The van der Waals surface area contributed by atoms with Crippen LogP contribution in [0.3, 0.4) is 0 Å². The molecule has 0 fully saturated rings. The Kier molecular flexibility index (Phi) is 5.47. The Morgan fingerprint density at radius 2 is 1.82 bits per heavy atom. The zero-order valence-electron chi connectivity index (χ0n) is 11.7. The molecule has 0 aliphatic heterocycles. The lowest BCUT2D eigenvalue weighted by Gasteiger charge is -2.12. The third kappa shape index (κ3) is 3.61. The summed E-state index contributed by atoms with van der Waals surface area (Å²) in [5.41, 5.74) is 0.410. The van der Waals surface area contributed by atoms with Gasteiger partial charge >= 0.3 is 0 Å². The molecule has 22 heavy (non-hydrogen) atoms. The molecule has 0 aliphatic rings. The molecule has 2 aromatic carbocycles. The Hall–Kier alpha value is -1.54. The maximum absolute atomic E-state index is 13.7. The average molecular weight is 436 g/mol. The highest BCUT2D eigenvalue weighted by atomic mass is 127. The van der Waals surface area contributed by atoms with E-state index in [1.54, 1.807) is 12.1 Å². The molecule has 4 nitrogen and oxygen atoms in total. The molecule has 7 heteroatoms. The lowest BCUT2D eigenvalue weighted by atomic mass is 10.1. The molecular weight excluding hydrogens is 424 g/mol. The summed E-state index contributed by atoms with van der Waals surface area (Å²) in [4.78, 5) is 12.3. The van der Waals surface area contributed by atoms with E-state index in [9.17, 15) is 9.18 Å². The van der Waals surface area contributed by atoms with E-state index < -0.39 is 11.7 Å². The van der Waals surface area contributed by atoms with Crippen molar-refractivity contribution in [1.82, 2.24) is 0 Å². The van der Waals surface area contributed by atoms with Crippen LogP contribution in [0.5, 0.6) is 11.5 Å². The van der Waals surface area contributed by atoms with Crippen LogP contribution in [-0.4, -0.2) is 20.1 Å². The summed E-state index contributed by atoms with van der Waals surface area (Å²) < 4.78 is 24.7. The van der Waals surface area contributed by atoms with Crippen molar-refractivity contribution >= 4 is 45.8 Å². The number of anilines is 1. The fourth-order valence-corrected chi connectivity index (χ4v) is 2.65. The molecule has 0 saturated carbocycles. The van der Waals surface area contributed by atoms with Crippen molar-refractivity contribution in [2.75, 3.05) is 19.5 Å². The molecule has 0 aliphatic carbocycles. The first kappa shape index (κ1) is 16.8. The maximum atomic E-state index is 13.7. The number of rotatable bonds is 4. The van der Waals surface area contributed by atoms with Gasteiger partial charge < -0.3 is 14.8 Å². The zero-order chi connectivity index (χ0) is 16.3. The first-order valence-electron chi connectivity index (χ1n) is 6.14. The molecule has 0 saturated heterocycles. The fourth-order valence-electron chi connectivity index (χ4n) is 1.81. The number of amides is 1. The topological polar surface area (TPSA) is 47.6 Å². The van der Waals surface area contributed by atoms with Crippen LogP contribution in [0.2, 0.25) is 5.02 Å². The fraction of sp³-hybridized carbons (Fsp3) is 0.133. The highest BCUT2D eigenvalue weighted by Crippen LogP contribution is 2.32. The smallest absolute Gasteiger partial charge is 0.256 e. The van der Waals surface area contributed by atoms with Crippen molar-refractivity contribution in [1.29, 1.82) is 0 Å². The number of ether oxygens (including phenoxy) is 2. The third-order valence-electron chi connectivity index (χ3n) is 2.90. The molecule has 1 N–H and O–H groups in total. The van der Waals surface area contributed by atoms with Gasteiger partial charge in [0.15, 0.2) is 11.5 Å². The molecule has 0 unspecified atom stereocenters. The zero-order valence-corrected chi connectivity index (χ0v) is 14.7. The van der Waals surface area contributed by atoms with Crippen LogP contribution in [0.25, 0.3) is 0 Å². The average Bonchev–Trinajstić information content (AvgIpc) is 2.49. The van der Waals surface area contributed by atoms with Crippen molar-refractivity contribution in [3.05, 3.63) is 50.3 Å². The second kappa shape index (κ2) is 7.15. The molecular formula is C15H12ClFINO3. The first-order chi connectivity index (χ1) is 10.5. The summed E-state index contributed by atoms with van der Waals surface area (Å²) in [5.74, 6) is -0.117. The van der Waals surface area contributed by atoms with Gasteiger partial charge in [-0.15, -0.1) is 0 Å². The number of hydrogen-bond acceptors (Lipinski definition) is 3. The van der Waals surface area contributed by atoms with Gasteiger partial charge in [-0.25, -0.2) is 4.39 Å². The summed E-state index contributed by atoms with van der Waals surface area (Å²) in [5, 5.41) is 2.77. The van der Waals surface area contributed by atoms with Crippen molar-refractivity contribution in [3.8, 4) is 11.5 Å². The van der Waals surface area contributed by atoms with Crippen LogP contribution in [0.1, 0.15) is 10.4 Å². The lowest BCUT2D eigenvalue weighted by molar-refractivity contribution is 0.102. The molecule has 116 valence electrons. The molecule has 0 bridgehead atoms. The van der Waals surface area contributed by atoms with Gasteiger partial charge in [0.1, 0.15) is 5.82 Å². The Morgan fingerprint density at radius 1 is 1.18 bits per heavy atom. The number of methoxy groups -OCH3 is 2. The normalized spacial score (nSPS) is 10.2. The summed E-state index contributed by atoms with van der Waals surface area (Å²) in [7, 11) is 2.99. The summed E-state index contributed by atoms with van der Waals surface area (Å²) in [6.45, 7) is 0. The minimum atomic E-state index is -0.601. The minimum Gasteiger partial charge on any atom is -0.493 e. The SMILES string of the molecule is COc1cc(I)c(C(=O)Nc2ccc(Cl)cc2F)cc1OC. The van der Waals surface area contributed by atoms with E-state index in [4.69, 9.17) is 21.1 Å². The number of benzene rings is 2. The van der Waals surface area contributed by atoms with E-state index in [0.29, 0.717) is 20.6 Å². The first-order valence-corrected chi connectivity index (χ1v) is 7.60. The van der Waals surface area contributed by atoms with Gasteiger partial charge in [-0.2, -0.15) is 0 Å². The van der Waals surface area contributed by atoms with E-state index in [1.165, 1.54) is 26.4 Å². The lowest BCUT2D eigenvalue weighted by Crippen LogP contribution is -2.15. The van der Waals surface area contributed by atoms with Gasteiger partial charge in [-0.05, 0) is 52.9 Å². The summed E-state index contributed by atoms with van der Waals surface area (Å²) in [6, 6.07) is 7.26. The van der Waals surface area contributed by atoms with E-state index in [-0.39, 0.29) is 10.7 Å². The third-order valence-corrected chi connectivity index (χ3v) is 4.02. The van der Waals surface area contributed by atoms with Crippen LogP contribution < -0.4 is 14.8 Å². The predicted octanol–water partition coefficient (Wildman–Crippen LogP) is 4.35. The van der Waals surface area contributed by atoms with Gasteiger partial charge in [0, 0.05) is 8.59 Å². The van der Waals surface area contributed by atoms with E-state index >= 15 is 0 Å². The van der Waals surface area contributed by atoms with Crippen molar-refractivity contribution < 1.29 is 18.7 Å². The Morgan fingerprint density at radius 3 is 2.41 bits per heavy atom. The summed E-state index contributed by atoms with van der Waals surface area (Å²) in [6.07, 6.45) is 0. The highest BCUT2D eigenvalue weighted by molar-refractivity contribution is 14.1. The van der Waals surface area contributed by atoms with Gasteiger partial charge in [-0.1, -0.05) is 11.6 Å². The molecule has 0 radical (unpaired) electrons. The Bertz CT molecular complexity index is 724. The van der Waals surface area contributed by atoms with Crippen molar-refractivity contribution in [2.45, 2.75) is 0 Å².